The number of rotatable bonds is 6. The third-order valence-corrected chi connectivity index (χ3v) is 6.36. The zero-order valence-corrected chi connectivity index (χ0v) is 17.9. The van der Waals surface area contributed by atoms with Crippen molar-refractivity contribution >= 4 is 40.1 Å². The summed E-state index contributed by atoms with van der Waals surface area (Å²) in [5.41, 5.74) is 5.23. The minimum atomic E-state index is -0.109. The Kier molecular flexibility index (Phi) is 5.63. The third kappa shape index (κ3) is 4.44. The Bertz CT molecular complexity index is 1160. The van der Waals surface area contributed by atoms with Crippen molar-refractivity contribution in [1.29, 1.82) is 0 Å². The second kappa shape index (κ2) is 8.86. The summed E-state index contributed by atoms with van der Waals surface area (Å²) >= 11 is 1.49. The highest BCUT2D eigenvalue weighted by molar-refractivity contribution is 7.98. The normalized spacial score (nSPS) is 13.6. The van der Waals surface area contributed by atoms with Gasteiger partial charge in [0.15, 0.2) is 5.58 Å². The Morgan fingerprint density at radius 3 is 2.52 bits per heavy atom. The number of carbonyl (C=O) groups excluding carboxylic acids is 1. The maximum Gasteiger partial charge on any atom is 0.257 e. The lowest BCUT2D eigenvalue weighted by atomic mass is 10.1. The van der Waals surface area contributed by atoms with E-state index in [0.717, 1.165) is 35.4 Å². The largest absolute Gasteiger partial charge is 0.431 e. The number of amides is 1. The van der Waals surface area contributed by atoms with Gasteiger partial charge in [-0.2, -0.15) is 0 Å². The van der Waals surface area contributed by atoms with Gasteiger partial charge in [-0.3, -0.25) is 4.79 Å². The molecule has 1 aromatic heterocycles. The number of para-hydroxylation sites is 2. The summed E-state index contributed by atoms with van der Waals surface area (Å²) in [4.78, 5) is 19.8. The Labute approximate surface area is 185 Å². The minimum absolute atomic E-state index is 0.109. The number of benzene rings is 3. The molecule has 5 nitrogen and oxygen atoms in total. The Morgan fingerprint density at radius 2 is 1.71 bits per heavy atom. The highest BCUT2D eigenvalue weighted by atomic mass is 32.2. The van der Waals surface area contributed by atoms with E-state index < -0.39 is 0 Å². The molecule has 1 saturated heterocycles. The van der Waals surface area contributed by atoms with Crippen LogP contribution in [0.4, 0.5) is 11.4 Å². The number of carbonyl (C=O) groups is 1. The van der Waals surface area contributed by atoms with Crippen LogP contribution in [-0.4, -0.2) is 24.0 Å². The first-order valence-electron chi connectivity index (χ1n) is 10.5. The molecular weight excluding hydrogens is 406 g/mol. The van der Waals surface area contributed by atoms with Crippen LogP contribution in [0.15, 0.2) is 82.4 Å². The molecule has 5 rings (SSSR count). The molecular formula is C25H23N3O2S. The van der Waals surface area contributed by atoms with E-state index in [1.165, 1.54) is 30.3 Å². The topological polar surface area (TPSA) is 58.4 Å². The van der Waals surface area contributed by atoms with Crippen molar-refractivity contribution in [2.45, 2.75) is 23.8 Å². The standard InChI is InChI=1S/C25H23N3O2S/c29-24(26-19-11-13-20(14-12-19)28-15-5-6-16-28)21-8-2-1-7-18(21)17-31-25-27-22-9-3-4-10-23(22)30-25/h1-4,7-14H,5-6,15-17H2,(H,26,29). The van der Waals surface area contributed by atoms with Crippen molar-refractivity contribution in [3.63, 3.8) is 0 Å². The fraction of sp³-hybridized carbons (Fsp3) is 0.200. The maximum absolute atomic E-state index is 13.0. The molecule has 6 heteroatoms. The second-order valence-corrected chi connectivity index (χ2v) is 8.52. The van der Waals surface area contributed by atoms with Gasteiger partial charge in [0, 0.05) is 35.8 Å². The number of aromatic nitrogens is 1. The van der Waals surface area contributed by atoms with Gasteiger partial charge in [-0.15, -0.1) is 0 Å². The molecule has 1 N–H and O–H groups in total. The molecule has 31 heavy (non-hydrogen) atoms. The lowest BCUT2D eigenvalue weighted by Crippen LogP contribution is -2.17. The summed E-state index contributed by atoms with van der Waals surface area (Å²) in [6.07, 6.45) is 2.49. The van der Waals surface area contributed by atoms with Crippen molar-refractivity contribution in [3.05, 3.63) is 83.9 Å². The number of fused-ring (bicyclic) bond motifs is 1. The van der Waals surface area contributed by atoms with Gasteiger partial charge in [-0.1, -0.05) is 42.1 Å². The average Bonchev–Trinajstić information content (AvgIpc) is 3.48. The zero-order chi connectivity index (χ0) is 21.0. The van der Waals surface area contributed by atoms with E-state index in [0.29, 0.717) is 16.5 Å². The molecule has 0 radical (unpaired) electrons. The van der Waals surface area contributed by atoms with Gasteiger partial charge in [-0.25, -0.2) is 4.98 Å². The number of nitrogens with one attached hydrogen (secondary N) is 1. The lowest BCUT2D eigenvalue weighted by molar-refractivity contribution is 0.102. The number of nitrogens with zero attached hydrogens (tertiary/aromatic N) is 2. The van der Waals surface area contributed by atoms with Crippen LogP contribution in [0.5, 0.6) is 0 Å². The highest BCUT2D eigenvalue weighted by Gasteiger charge is 2.15. The van der Waals surface area contributed by atoms with Gasteiger partial charge in [0.25, 0.3) is 11.1 Å². The summed E-state index contributed by atoms with van der Waals surface area (Å²) in [5.74, 6) is 0.493. The SMILES string of the molecule is O=C(Nc1ccc(N2CCCC2)cc1)c1ccccc1CSc1nc2ccccc2o1. The van der Waals surface area contributed by atoms with Crippen LogP contribution in [0.3, 0.4) is 0 Å². The van der Waals surface area contributed by atoms with Crippen LogP contribution < -0.4 is 10.2 Å². The van der Waals surface area contributed by atoms with Gasteiger partial charge >= 0.3 is 0 Å². The van der Waals surface area contributed by atoms with Crippen molar-refractivity contribution < 1.29 is 9.21 Å². The Balaban J connectivity index is 1.27. The first-order chi connectivity index (χ1) is 15.3. The molecule has 3 aromatic carbocycles. The number of anilines is 2. The monoisotopic (exact) mass is 429 g/mol. The van der Waals surface area contributed by atoms with Crippen LogP contribution in [0.1, 0.15) is 28.8 Å². The molecule has 156 valence electrons. The molecule has 1 amide bonds. The van der Waals surface area contributed by atoms with Gasteiger partial charge < -0.3 is 14.6 Å². The minimum Gasteiger partial charge on any atom is -0.431 e. The van der Waals surface area contributed by atoms with Gasteiger partial charge in [0.05, 0.1) is 0 Å². The number of hydrogen-bond donors (Lipinski definition) is 1. The number of thioether (sulfide) groups is 1. The molecule has 1 fully saturated rings. The summed E-state index contributed by atoms with van der Waals surface area (Å²) in [6, 6.07) is 23.5. The third-order valence-electron chi connectivity index (χ3n) is 5.48. The lowest BCUT2D eigenvalue weighted by Gasteiger charge is -2.18. The fourth-order valence-electron chi connectivity index (χ4n) is 3.85. The molecule has 0 unspecified atom stereocenters. The van der Waals surface area contributed by atoms with E-state index >= 15 is 0 Å². The predicted molar refractivity (Wildman–Crippen MR) is 126 cm³/mol. The van der Waals surface area contributed by atoms with Crippen LogP contribution in [0.25, 0.3) is 11.1 Å². The van der Waals surface area contributed by atoms with Crippen molar-refractivity contribution in [2.24, 2.45) is 0 Å². The van der Waals surface area contributed by atoms with Crippen molar-refractivity contribution in [3.8, 4) is 0 Å². The van der Waals surface area contributed by atoms with Crippen LogP contribution in [0.2, 0.25) is 0 Å². The van der Waals surface area contributed by atoms with Gasteiger partial charge in [0.2, 0.25) is 0 Å². The van der Waals surface area contributed by atoms with Gasteiger partial charge in [-0.05, 0) is 60.9 Å². The fourth-order valence-corrected chi connectivity index (χ4v) is 4.69. The first kappa shape index (κ1) is 19.7. The van der Waals surface area contributed by atoms with Crippen LogP contribution in [0, 0.1) is 0 Å². The number of oxazole rings is 1. The molecule has 0 spiro atoms. The molecule has 0 atom stereocenters. The molecule has 0 aliphatic carbocycles. The van der Waals surface area contributed by atoms with Crippen molar-refractivity contribution in [1.82, 2.24) is 4.98 Å². The second-order valence-electron chi connectivity index (χ2n) is 7.59. The number of hydrogen-bond acceptors (Lipinski definition) is 5. The van der Waals surface area contributed by atoms with Crippen LogP contribution in [-0.2, 0) is 5.75 Å². The highest BCUT2D eigenvalue weighted by Crippen LogP contribution is 2.28. The van der Waals surface area contributed by atoms with E-state index in [2.05, 4.69) is 27.3 Å². The Morgan fingerprint density at radius 1 is 0.968 bits per heavy atom. The van der Waals surface area contributed by atoms with E-state index in [9.17, 15) is 4.79 Å². The summed E-state index contributed by atoms with van der Waals surface area (Å²) < 4.78 is 5.79. The van der Waals surface area contributed by atoms with E-state index in [1.807, 2.05) is 60.7 Å². The molecule has 1 aliphatic heterocycles. The molecule has 2 heterocycles. The van der Waals surface area contributed by atoms with Gasteiger partial charge in [0.1, 0.15) is 5.52 Å². The van der Waals surface area contributed by atoms with E-state index in [-0.39, 0.29) is 5.91 Å². The summed E-state index contributed by atoms with van der Waals surface area (Å²) in [7, 11) is 0. The molecule has 1 aliphatic rings. The Hall–Kier alpha value is -3.25. The quantitative estimate of drug-likeness (QED) is 0.383. The molecule has 0 bridgehead atoms. The first-order valence-corrected chi connectivity index (χ1v) is 11.5. The smallest absolute Gasteiger partial charge is 0.257 e. The van der Waals surface area contributed by atoms with E-state index in [4.69, 9.17) is 4.42 Å². The molecule has 0 saturated carbocycles. The summed E-state index contributed by atoms with van der Waals surface area (Å²) in [5, 5.41) is 3.64. The maximum atomic E-state index is 13.0. The van der Waals surface area contributed by atoms with Crippen LogP contribution >= 0.6 is 11.8 Å². The van der Waals surface area contributed by atoms with Crippen molar-refractivity contribution in [2.75, 3.05) is 23.3 Å². The predicted octanol–water partition coefficient (Wildman–Crippen LogP) is 5.97. The average molecular weight is 430 g/mol. The van der Waals surface area contributed by atoms with E-state index in [1.54, 1.807) is 0 Å². The zero-order valence-electron chi connectivity index (χ0n) is 17.1. The summed E-state index contributed by atoms with van der Waals surface area (Å²) in [6.45, 7) is 2.22. The molecule has 4 aromatic rings.